The molecule has 15 heavy (non-hydrogen) atoms. The zero-order chi connectivity index (χ0) is 11.1. The summed E-state index contributed by atoms with van der Waals surface area (Å²) < 4.78 is 6.72. The first-order chi connectivity index (χ1) is 7.29. The normalized spacial score (nSPS) is 9.93. The van der Waals surface area contributed by atoms with Gasteiger partial charge in [0.1, 0.15) is 6.61 Å². The standard InChI is InChI=1S/C11H15NO3/c1-2-9-15-10-5-3-6-12(11(10)14)7-4-8-13/h2-3,5-6,13H,1,4,7-9H2. The summed E-state index contributed by atoms with van der Waals surface area (Å²) in [4.78, 5) is 11.7. The van der Waals surface area contributed by atoms with Crippen molar-refractivity contribution in [3.63, 3.8) is 0 Å². The van der Waals surface area contributed by atoms with Crippen LogP contribution in [-0.2, 0) is 6.54 Å². The lowest BCUT2D eigenvalue weighted by Gasteiger charge is -2.07. The van der Waals surface area contributed by atoms with E-state index in [1.165, 1.54) is 4.57 Å². The van der Waals surface area contributed by atoms with Crippen molar-refractivity contribution in [1.29, 1.82) is 0 Å². The topological polar surface area (TPSA) is 51.5 Å². The maximum Gasteiger partial charge on any atom is 0.292 e. The second kappa shape index (κ2) is 6.03. The Hall–Kier alpha value is -1.55. The van der Waals surface area contributed by atoms with Crippen molar-refractivity contribution in [2.75, 3.05) is 13.2 Å². The third-order valence-corrected chi connectivity index (χ3v) is 1.90. The van der Waals surface area contributed by atoms with Gasteiger partial charge in [0.2, 0.25) is 0 Å². The fraction of sp³-hybridized carbons (Fsp3) is 0.364. The molecule has 0 bridgehead atoms. The van der Waals surface area contributed by atoms with Gasteiger partial charge >= 0.3 is 0 Å². The molecule has 0 saturated heterocycles. The van der Waals surface area contributed by atoms with Gasteiger partial charge in [0.05, 0.1) is 0 Å². The Morgan fingerprint density at radius 2 is 2.40 bits per heavy atom. The lowest BCUT2D eigenvalue weighted by molar-refractivity contribution is 0.278. The Kier molecular flexibility index (Phi) is 4.63. The molecule has 0 spiro atoms. The lowest BCUT2D eigenvalue weighted by atomic mass is 10.4. The predicted octanol–water partition coefficient (Wildman–Crippen LogP) is 0.796. The van der Waals surface area contributed by atoms with Gasteiger partial charge in [0, 0.05) is 19.3 Å². The molecular formula is C11H15NO3. The summed E-state index contributed by atoms with van der Waals surface area (Å²) in [6.45, 7) is 4.40. The van der Waals surface area contributed by atoms with Crippen LogP contribution >= 0.6 is 0 Å². The minimum absolute atomic E-state index is 0.0736. The molecule has 0 aliphatic rings. The first kappa shape index (κ1) is 11.5. The van der Waals surface area contributed by atoms with Gasteiger partial charge in [0.25, 0.3) is 5.56 Å². The van der Waals surface area contributed by atoms with E-state index in [0.717, 1.165) is 0 Å². The van der Waals surface area contributed by atoms with E-state index >= 15 is 0 Å². The van der Waals surface area contributed by atoms with Gasteiger partial charge in [-0.3, -0.25) is 4.79 Å². The molecule has 0 atom stereocenters. The van der Waals surface area contributed by atoms with Crippen LogP contribution in [0.1, 0.15) is 6.42 Å². The Balaban J connectivity index is 2.80. The first-order valence-electron chi connectivity index (χ1n) is 4.83. The molecule has 1 N–H and O–H groups in total. The molecule has 0 saturated carbocycles. The number of hydrogen-bond acceptors (Lipinski definition) is 3. The maximum absolute atomic E-state index is 11.7. The number of aromatic nitrogens is 1. The van der Waals surface area contributed by atoms with E-state index in [4.69, 9.17) is 9.84 Å². The smallest absolute Gasteiger partial charge is 0.292 e. The molecule has 1 aromatic heterocycles. The van der Waals surface area contributed by atoms with Gasteiger partial charge in [-0.25, -0.2) is 0 Å². The molecule has 0 fully saturated rings. The minimum Gasteiger partial charge on any atom is -0.484 e. The summed E-state index contributed by atoms with van der Waals surface area (Å²) in [5, 5.41) is 8.67. The van der Waals surface area contributed by atoms with Crippen LogP contribution in [0.4, 0.5) is 0 Å². The van der Waals surface area contributed by atoms with Gasteiger partial charge in [-0.15, -0.1) is 0 Å². The summed E-state index contributed by atoms with van der Waals surface area (Å²) in [6, 6.07) is 3.37. The van der Waals surface area contributed by atoms with Crippen LogP contribution in [0.15, 0.2) is 35.8 Å². The number of pyridine rings is 1. The maximum atomic E-state index is 11.7. The van der Waals surface area contributed by atoms with Crippen LogP contribution in [0.5, 0.6) is 5.75 Å². The molecular weight excluding hydrogens is 194 g/mol. The Bertz CT molecular complexity index is 370. The molecule has 1 aromatic rings. The summed E-state index contributed by atoms with van der Waals surface area (Å²) in [5.74, 6) is 0.315. The molecule has 1 rings (SSSR count). The van der Waals surface area contributed by atoms with Crippen molar-refractivity contribution in [2.45, 2.75) is 13.0 Å². The molecule has 0 amide bonds. The van der Waals surface area contributed by atoms with Gasteiger partial charge in [-0.05, 0) is 18.6 Å². The van der Waals surface area contributed by atoms with Gasteiger partial charge in [-0.1, -0.05) is 12.7 Å². The van der Waals surface area contributed by atoms with Crippen molar-refractivity contribution in [3.05, 3.63) is 41.3 Å². The van der Waals surface area contributed by atoms with Gasteiger partial charge in [0.15, 0.2) is 5.75 Å². The highest BCUT2D eigenvalue weighted by Gasteiger charge is 2.02. The van der Waals surface area contributed by atoms with Crippen LogP contribution in [0.2, 0.25) is 0 Å². The number of ether oxygens (including phenoxy) is 1. The molecule has 82 valence electrons. The second-order valence-electron chi connectivity index (χ2n) is 3.05. The van der Waals surface area contributed by atoms with Crippen LogP contribution < -0.4 is 10.3 Å². The van der Waals surface area contributed by atoms with Crippen LogP contribution in [0.25, 0.3) is 0 Å². The number of rotatable bonds is 6. The predicted molar refractivity (Wildman–Crippen MR) is 58.1 cm³/mol. The molecule has 0 aliphatic carbocycles. The van der Waals surface area contributed by atoms with Gasteiger partial charge < -0.3 is 14.4 Å². The third-order valence-electron chi connectivity index (χ3n) is 1.90. The van der Waals surface area contributed by atoms with E-state index in [-0.39, 0.29) is 12.2 Å². The molecule has 0 unspecified atom stereocenters. The summed E-state index contributed by atoms with van der Waals surface area (Å²) in [6.07, 6.45) is 3.83. The molecule has 4 heteroatoms. The van der Waals surface area contributed by atoms with Crippen LogP contribution in [-0.4, -0.2) is 22.9 Å². The monoisotopic (exact) mass is 209 g/mol. The van der Waals surface area contributed by atoms with E-state index in [1.807, 2.05) is 0 Å². The average Bonchev–Trinajstić information content (AvgIpc) is 2.26. The largest absolute Gasteiger partial charge is 0.484 e. The first-order valence-corrected chi connectivity index (χ1v) is 4.83. The van der Waals surface area contributed by atoms with Crippen LogP contribution in [0, 0.1) is 0 Å². The number of aliphatic hydroxyl groups is 1. The van der Waals surface area contributed by atoms with Crippen molar-refractivity contribution in [3.8, 4) is 5.75 Å². The number of aryl methyl sites for hydroxylation is 1. The van der Waals surface area contributed by atoms with Gasteiger partial charge in [-0.2, -0.15) is 0 Å². The minimum atomic E-state index is -0.173. The van der Waals surface area contributed by atoms with E-state index in [1.54, 1.807) is 24.4 Å². The molecule has 1 heterocycles. The summed E-state index contributed by atoms with van der Waals surface area (Å²) >= 11 is 0. The van der Waals surface area contributed by atoms with Crippen molar-refractivity contribution in [2.24, 2.45) is 0 Å². The number of aliphatic hydroxyl groups excluding tert-OH is 1. The average molecular weight is 209 g/mol. The van der Waals surface area contributed by atoms with E-state index in [9.17, 15) is 4.79 Å². The Morgan fingerprint density at radius 3 is 3.07 bits per heavy atom. The fourth-order valence-corrected chi connectivity index (χ4v) is 1.19. The Labute approximate surface area is 88.4 Å². The van der Waals surface area contributed by atoms with Crippen molar-refractivity contribution in [1.82, 2.24) is 4.57 Å². The van der Waals surface area contributed by atoms with Crippen molar-refractivity contribution >= 4 is 0 Å². The Morgan fingerprint density at radius 1 is 1.60 bits per heavy atom. The zero-order valence-corrected chi connectivity index (χ0v) is 8.56. The summed E-state index contributed by atoms with van der Waals surface area (Å²) in [7, 11) is 0. The lowest BCUT2D eigenvalue weighted by Crippen LogP contribution is -2.21. The van der Waals surface area contributed by atoms with Crippen molar-refractivity contribution < 1.29 is 9.84 Å². The van der Waals surface area contributed by atoms with E-state index < -0.39 is 0 Å². The summed E-state index contributed by atoms with van der Waals surface area (Å²) in [5.41, 5.74) is -0.173. The third kappa shape index (κ3) is 3.25. The van der Waals surface area contributed by atoms with Crippen LogP contribution in [0.3, 0.4) is 0 Å². The molecule has 4 nitrogen and oxygen atoms in total. The highest BCUT2D eigenvalue weighted by Crippen LogP contribution is 2.02. The molecule has 0 radical (unpaired) electrons. The molecule has 0 aromatic carbocycles. The number of nitrogens with zero attached hydrogens (tertiary/aromatic N) is 1. The van der Waals surface area contributed by atoms with E-state index in [0.29, 0.717) is 25.3 Å². The van der Waals surface area contributed by atoms with E-state index in [2.05, 4.69) is 6.58 Å². The highest BCUT2D eigenvalue weighted by atomic mass is 16.5. The second-order valence-corrected chi connectivity index (χ2v) is 3.05. The highest BCUT2D eigenvalue weighted by molar-refractivity contribution is 5.17. The quantitative estimate of drug-likeness (QED) is 0.705. The molecule has 0 aliphatic heterocycles. The number of hydrogen-bond donors (Lipinski definition) is 1. The zero-order valence-electron chi connectivity index (χ0n) is 8.56. The fourth-order valence-electron chi connectivity index (χ4n) is 1.19. The SMILES string of the molecule is C=CCOc1cccn(CCCO)c1=O.